The maximum atomic E-state index is 11.8. The first kappa shape index (κ1) is 33.6. The third-order valence-corrected chi connectivity index (χ3v) is 17.0. The van der Waals surface area contributed by atoms with Gasteiger partial charge in [-0.05, 0) is 60.6 Å². The number of carbonyl (C=O) groups excluding carboxylic acids is 1. The first-order valence-corrected chi connectivity index (χ1v) is 19.2. The molecule has 0 fully saturated rings. The molecule has 34 heavy (non-hydrogen) atoms. The minimum absolute atomic E-state index is 0.0274. The molecule has 0 radical (unpaired) electrons. The largest absolute Gasteiger partial charge is 0.458 e. The third kappa shape index (κ3) is 11.1. The zero-order chi connectivity index (χ0) is 26.4. The predicted octanol–water partition coefficient (Wildman–Crippen LogP) is 8.88. The lowest BCUT2D eigenvalue weighted by Crippen LogP contribution is -2.53. The fourth-order valence-corrected chi connectivity index (χ4v) is 10.5. The maximum absolute atomic E-state index is 11.8. The Bertz CT molecular complexity index is 561. The van der Waals surface area contributed by atoms with E-state index in [2.05, 4.69) is 81.4 Å². The second-order valence-electron chi connectivity index (χ2n) is 11.0. The number of hydrogen-bond donors (Lipinski definition) is 0. The lowest BCUT2D eigenvalue weighted by molar-refractivity contribution is -0.144. The lowest BCUT2D eigenvalue weighted by Gasteiger charge is -2.45. The van der Waals surface area contributed by atoms with Crippen LogP contribution in [-0.2, 0) is 18.4 Å². The Morgan fingerprint density at radius 3 is 1.62 bits per heavy atom. The van der Waals surface area contributed by atoms with Crippen molar-refractivity contribution in [3.8, 4) is 0 Å². The molecule has 0 unspecified atom stereocenters. The van der Waals surface area contributed by atoms with Gasteiger partial charge in [0.05, 0.1) is 12.2 Å². The highest BCUT2D eigenvalue weighted by Crippen LogP contribution is 2.36. The monoisotopic (exact) mass is 514 g/mol. The molecule has 4 nitrogen and oxygen atoms in total. The number of carbonyl (C=O) groups is 1. The van der Waals surface area contributed by atoms with Gasteiger partial charge in [0, 0.05) is 6.92 Å². The Balaban J connectivity index is 6.36. The van der Waals surface area contributed by atoms with Crippen molar-refractivity contribution in [2.45, 2.75) is 156 Å². The molecule has 0 spiro atoms. The molecule has 0 aliphatic heterocycles. The van der Waals surface area contributed by atoms with E-state index in [9.17, 15) is 4.79 Å². The second kappa shape index (κ2) is 16.3. The first-order valence-electron chi connectivity index (χ1n) is 14.1. The summed E-state index contributed by atoms with van der Waals surface area (Å²) in [4.78, 5) is 11.8. The molecule has 3 atom stereocenters. The summed E-state index contributed by atoms with van der Waals surface area (Å²) in [6.45, 7) is 24.2. The van der Waals surface area contributed by atoms with Crippen LogP contribution in [0.25, 0.3) is 0 Å². The van der Waals surface area contributed by atoms with E-state index in [1.165, 1.54) is 6.92 Å². The summed E-state index contributed by atoms with van der Waals surface area (Å²) in [5, 5.41) is 0. The molecule has 0 saturated carbocycles. The molecule has 0 amide bonds. The fraction of sp³-hybridized carbons (Fsp3) is 0.893. The predicted molar refractivity (Wildman–Crippen MR) is 152 cm³/mol. The van der Waals surface area contributed by atoms with Gasteiger partial charge in [-0.25, -0.2) is 0 Å². The van der Waals surface area contributed by atoms with Gasteiger partial charge < -0.3 is 13.6 Å². The molecule has 0 aromatic rings. The topological polar surface area (TPSA) is 44.8 Å². The number of unbranched alkanes of at least 4 members (excludes halogenated alkanes) is 2. The summed E-state index contributed by atoms with van der Waals surface area (Å²) in [7, 11) is -3.74. The van der Waals surface area contributed by atoms with Crippen molar-refractivity contribution in [3.63, 3.8) is 0 Å². The fourth-order valence-electron chi connectivity index (χ4n) is 4.73. The summed E-state index contributed by atoms with van der Waals surface area (Å²) in [5.41, 5.74) is -0.0682. The Morgan fingerprint density at radius 2 is 1.24 bits per heavy atom. The number of esters is 1. The van der Waals surface area contributed by atoms with E-state index < -0.39 is 16.6 Å². The molecule has 0 aromatic carbocycles. The van der Waals surface area contributed by atoms with Crippen molar-refractivity contribution in [2.24, 2.45) is 5.41 Å². The summed E-state index contributed by atoms with van der Waals surface area (Å²) in [6.07, 6.45) is 8.13. The van der Waals surface area contributed by atoms with Crippen LogP contribution < -0.4 is 0 Å². The van der Waals surface area contributed by atoms with Crippen LogP contribution in [0.5, 0.6) is 0 Å². The van der Waals surface area contributed by atoms with Crippen LogP contribution in [0.1, 0.15) is 102 Å². The molecule has 0 N–H and O–H groups in total. The average Bonchev–Trinajstić information content (AvgIpc) is 2.80. The molecule has 0 heterocycles. The Labute approximate surface area is 214 Å². The molecule has 0 aliphatic carbocycles. The van der Waals surface area contributed by atoms with E-state index in [-0.39, 0.29) is 29.7 Å². The van der Waals surface area contributed by atoms with Crippen LogP contribution in [0.2, 0.25) is 36.3 Å². The van der Waals surface area contributed by atoms with Gasteiger partial charge in [-0.1, -0.05) is 88.2 Å². The highest BCUT2D eigenvalue weighted by molar-refractivity contribution is 6.74. The number of rotatable bonds is 18. The van der Waals surface area contributed by atoms with Crippen LogP contribution in [0.4, 0.5) is 0 Å². The number of ether oxygens (including phenoxy) is 1. The Morgan fingerprint density at radius 1 is 0.765 bits per heavy atom. The van der Waals surface area contributed by atoms with Gasteiger partial charge in [-0.2, -0.15) is 0 Å². The van der Waals surface area contributed by atoms with E-state index >= 15 is 0 Å². The quantitative estimate of drug-likeness (QED) is 0.0792. The van der Waals surface area contributed by atoms with Gasteiger partial charge in [-0.15, -0.1) is 0 Å². The van der Waals surface area contributed by atoms with E-state index in [1.807, 2.05) is 0 Å². The highest BCUT2D eigenvalue weighted by atomic mass is 28.4. The summed E-state index contributed by atoms with van der Waals surface area (Å²) in [6, 6.07) is 6.66. The van der Waals surface area contributed by atoms with Crippen molar-refractivity contribution >= 4 is 22.6 Å². The smallest absolute Gasteiger partial charge is 0.303 e. The summed E-state index contributed by atoms with van der Waals surface area (Å²) < 4.78 is 20.0. The van der Waals surface area contributed by atoms with Crippen LogP contribution in [0.15, 0.2) is 12.2 Å². The van der Waals surface area contributed by atoms with Crippen molar-refractivity contribution in [1.29, 1.82) is 0 Å². The van der Waals surface area contributed by atoms with Crippen molar-refractivity contribution in [1.82, 2.24) is 0 Å². The Kier molecular flexibility index (Phi) is 16.1. The van der Waals surface area contributed by atoms with Gasteiger partial charge in [0.1, 0.15) is 6.10 Å². The van der Waals surface area contributed by atoms with E-state index in [4.69, 9.17) is 13.6 Å². The van der Waals surface area contributed by atoms with Crippen LogP contribution in [0.3, 0.4) is 0 Å². The van der Waals surface area contributed by atoms with Crippen LogP contribution in [0, 0.1) is 5.41 Å². The molecule has 6 heteroatoms. The van der Waals surface area contributed by atoms with E-state index in [0.717, 1.165) is 61.9 Å². The normalized spacial score (nSPS) is 16.0. The van der Waals surface area contributed by atoms with Crippen molar-refractivity contribution < 1.29 is 18.4 Å². The second-order valence-corrected chi connectivity index (χ2v) is 20.4. The van der Waals surface area contributed by atoms with Crippen LogP contribution in [-0.4, -0.2) is 40.9 Å². The van der Waals surface area contributed by atoms with Gasteiger partial charge in [0.15, 0.2) is 16.6 Å². The zero-order valence-corrected chi connectivity index (χ0v) is 26.6. The van der Waals surface area contributed by atoms with Gasteiger partial charge in [0.2, 0.25) is 0 Å². The molecular formula is C28H58O4Si2. The molecule has 0 rings (SSSR count). The molecule has 202 valence electrons. The molecule has 0 saturated heterocycles. The average molecular weight is 515 g/mol. The van der Waals surface area contributed by atoms with E-state index in [0.29, 0.717) is 0 Å². The zero-order valence-electron chi connectivity index (χ0n) is 24.6. The summed E-state index contributed by atoms with van der Waals surface area (Å²) in [5.74, 6) is -0.221. The molecule has 0 aromatic heterocycles. The maximum Gasteiger partial charge on any atom is 0.303 e. The SMILES string of the molecule is CCCCC[C@H](/C=C/[C@@H](O[Si](CC)(CC)CC)[C@H](O[Si](CC)(CC)CC)C(C)(C)C)OC(C)=O. The summed E-state index contributed by atoms with van der Waals surface area (Å²) >= 11 is 0. The minimum Gasteiger partial charge on any atom is -0.458 e. The third-order valence-electron chi connectivity index (χ3n) is 7.71. The van der Waals surface area contributed by atoms with Gasteiger partial charge >= 0.3 is 5.97 Å². The van der Waals surface area contributed by atoms with Gasteiger partial charge in [-0.3, -0.25) is 4.79 Å². The van der Waals surface area contributed by atoms with Crippen molar-refractivity contribution in [2.75, 3.05) is 0 Å². The molecular weight excluding hydrogens is 456 g/mol. The standard InChI is InChI=1S/C28H58O4Si2/c1-12-19-20-21-25(30-24(8)29)22-23-26(31-33(13-2,14-3)15-4)27(28(9,10)11)32-34(16-5,17-6)18-7/h22-23,25-27H,12-21H2,1-11H3/b23-22+/t25-,26-,27+/m1/s1. The first-order chi connectivity index (χ1) is 15.9. The Hall–Kier alpha value is -0.436. The van der Waals surface area contributed by atoms with E-state index in [1.54, 1.807) is 0 Å². The lowest BCUT2D eigenvalue weighted by atomic mass is 9.85. The highest BCUT2D eigenvalue weighted by Gasteiger charge is 2.43. The van der Waals surface area contributed by atoms with Crippen LogP contribution >= 0.6 is 0 Å². The molecule has 0 aliphatic rings. The van der Waals surface area contributed by atoms with Gasteiger partial charge in [0.25, 0.3) is 0 Å². The number of hydrogen-bond acceptors (Lipinski definition) is 4. The minimum atomic E-state index is -1.89. The van der Waals surface area contributed by atoms with Crippen molar-refractivity contribution in [3.05, 3.63) is 12.2 Å². The molecule has 0 bridgehead atoms.